The third-order valence-electron chi connectivity index (χ3n) is 6.71. The largest absolute Gasteiger partial charge is 0.336 e. The Morgan fingerprint density at radius 2 is 1.86 bits per heavy atom. The fourth-order valence-electron chi connectivity index (χ4n) is 5.09. The van der Waals surface area contributed by atoms with Gasteiger partial charge in [0.2, 0.25) is 0 Å². The highest BCUT2D eigenvalue weighted by Gasteiger charge is 2.33. The Labute approximate surface area is 169 Å². The molecule has 1 amide bonds. The lowest BCUT2D eigenvalue weighted by atomic mass is 10.2. The molecular formula is C21H28N4O2S. The molecule has 0 aliphatic carbocycles. The van der Waals surface area contributed by atoms with Gasteiger partial charge in [0, 0.05) is 32.1 Å². The van der Waals surface area contributed by atoms with Crippen molar-refractivity contribution < 1.29 is 4.79 Å². The van der Waals surface area contributed by atoms with Gasteiger partial charge in [-0.05, 0) is 57.7 Å². The van der Waals surface area contributed by atoms with Crippen LogP contribution in [0.25, 0.3) is 10.2 Å². The third-order valence-corrected chi connectivity index (χ3v) is 7.89. The second-order valence-electron chi connectivity index (χ2n) is 8.47. The van der Waals surface area contributed by atoms with Crippen LogP contribution in [0, 0.1) is 6.92 Å². The monoisotopic (exact) mass is 400 g/mol. The molecule has 0 spiro atoms. The van der Waals surface area contributed by atoms with E-state index in [1.54, 1.807) is 0 Å². The van der Waals surface area contributed by atoms with Gasteiger partial charge in [0.1, 0.15) is 10.7 Å². The van der Waals surface area contributed by atoms with Crippen LogP contribution < -0.4 is 5.56 Å². The van der Waals surface area contributed by atoms with Crippen molar-refractivity contribution in [3.05, 3.63) is 26.6 Å². The summed E-state index contributed by atoms with van der Waals surface area (Å²) >= 11 is 1.42. The van der Waals surface area contributed by atoms with Crippen LogP contribution in [0.3, 0.4) is 0 Å². The molecule has 0 bridgehead atoms. The Balaban J connectivity index is 1.46. The van der Waals surface area contributed by atoms with Crippen molar-refractivity contribution in [2.24, 2.45) is 0 Å². The molecule has 150 valence electrons. The van der Waals surface area contributed by atoms with E-state index < -0.39 is 0 Å². The average molecular weight is 401 g/mol. The molecule has 5 heterocycles. The van der Waals surface area contributed by atoms with Crippen LogP contribution >= 0.6 is 11.3 Å². The number of aryl methyl sites for hydroxylation is 2. The Bertz CT molecular complexity index is 973. The first kappa shape index (κ1) is 18.3. The maximum atomic E-state index is 13.3. The van der Waals surface area contributed by atoms with Crippen molar-refractivity contribution in [2.45, 2.75) is 64.5 Å². The van der Waals surface area contributed by atoms with Crippen molar-refractivity contribution in [3.63, 3.8) is 0 Å². The first-order valence-corrected chi connectivity index (χ1v) is 11.5. The highest BCUT2D eigenvalue weighted by Crippen LogP contribution is 2.31. The number of carbonyl (C=O) groups is 1. The van der Waals surface area contributed by atoms with E-state index in [1.165, 1.54) is 37.3 Å². The van der Waals surface area contributed by atoms with E-state index in [1.807, 2.05) is 16.4 Å². The van der Waals surface area contributed by atoms with E-state index in [0.717, 1.165) is 68.0 Å². The van der Waals surface area contributed by atoms with Gasteiger partial charge in [-0.1, -0.05) is 6.42 Å². The zero-order valence-electron chi connectivity index (χ0n) is 16.6. The average Bonchev–Trinajstić information content (AvgIpc) is 3.39. The fourth-order valence-corrected chi connectivity index (χ4v) is 6.25. The summed E-state index contributed by atoms with van der Waals surface area (Å²) in [6.07, 6.45) is 7.73. The number of hydrogen-bond acceptors (Lipinski definition) is 5. The van der Waals surface area contributed by atoms with Crippen molar-refractivity contribution in [3.8, 4) is 0 Å². The van der Waals surface area contributed by atoms with Gasteiger partial charge in [-0.3, -0.25) is 19.1 Å². The van der Waals surface area contributed by atoms with Crippen LogP contribution in [-0.4, -0.2) is 57.5 Å². The maximum Gasteiger partial charge on any atom is 0.264 e. The summed E-state index contributed by atoms with van der Waals surface area (Å²) in [5.41, 5.74) is 0.873. The summed E-state index contributed by atoms with van der Waals surface area (Å²) in [5, 5.41) is 0.661. The number of rotatable bonds is 2. The van der Waals surface area contributed by atoms with Gasteiger partial charge in [-0.2, -0.15) is 0 Å². The van der Waals surface area contributed by atoms with Gasteiger partial charge in [0.25, 0.3) is 11.5 Å². The van der Waals surface area contributed by atoms with Crippen molar-refractivity contribution in [2.75, 3.05) is 26.2 Å². The summed E-state index contributed by atoms with van der Waals surface area (Å²) in [5.74, 6) is 0.979. The molecule has 28 heavy (non-hydrogen) atoms. The van der Waals surface area contributed by atoms with E-state index in [4.69, 9.17) is 4.98 Å². The lowest BCUT2D eigenvalue weighted by Crippen LogP contribution is -2.37. The highest BCUT2D eigenvalue weighted by molar-refractivity contribution is 7.20. The number of carbonyl (C=O) groups excluding carboxylic acids is 1. The Morgan fingerprint density at radius 1 is 1.07 bits per heavy atom. The van der Waals surface area contributed by atoms with Crippen LogP contribution in [0.5, 0.6) is 0 Å². The molecule has 5 rings (SSSR count). The second kappa shape index (κ2) is 7.26. The maximum absolute atomic E-state index is 13.3. The van der Waals surface area contributed by atoms with Crippen LogP contribution in [0.15, 0.2) is 4.79 Å². The number of likely N-dealkylation sites (tertiary alicyclic amines) is 2. The van der Waals surface area contributed by atoms with Crippen molar-refractivity contribution >= 4 is 27.5 Å². The number of amides is 1. The molecule has 1 unspecified atom stereocenters. The number of fused-ring (bicyclic) bond motifs is 2. The summed E-state index contributed by atoms with van der Waals surface area (Å²) < 4.78 is 1.85. The van der Waals surface area contributed by atoms with Gasteiger partial charge in [-0.15, -0.1) is 11.3 Å². The molecule has 2 aromatic heterocycles. The number of aromatic nitrogens is 2. The number of thiophene rings is 1. The van der Waals surface area contributed by atoms with Crippen molar-refractivity contribution in [1.29, 1.82) is 0 Å². The van der Waals surface area contributed by atoms with Crippen molar-refractivity contribution in [1.82, 2.24) is 19.4 Å². The highest BCUT2D eigenvalue weighted by atomic mass is 32.1. The van der Waals surface area contributed by atoms with E-state index in [-0.39, 0.29) is 11.5 Å². The Morgan fingerprint density at radius 3 is 2.68 bits per heavy atom. The SMILES string of the molecule is Cc1c(C(=O)N2CCC(N3CCCC3)C2)sc2nc3n(c(=O)c12)CCCCC3. The van der Waals surface area contributed by atoms with Gasteiger partial charge >= 0.3 is 0 Å². The van der Waals surface area contributed by atoms with E-state index in [2.05, 4.69) is 4.90 Å². The second-order valence-corrected chi connectivity index (χ2v) is 9.47. The minimum absolute atomic E-state index is 0.0473. The molecule has 3 aliphatic heterocycles. The molecule has 6 nitrogen and oxygen atoms in total. The fraction of sp³-hybridized carbons (Fsp3) is 0.667. The topological polar surface area (TPSA) is 58.4 Å². The molecule has 0 aromatic carbocycles. The molecule has 2 fully saturated rings. The predicted molar refractivity (Wildman–Crippen MR) is 111 cm³/mol. The third kappa shape index (κ3) is 2.99. The predicted octanol–water partition coefficient (Wildman–Crippen LogP) is 2.80. The molecule has 1 atom stereocenters. The van der Waals surface area contributed by atoms with E-state index >= 15 is 0 Å². The zero-order valence-corrected chi connectivity index (χ0v) is 17.4. The molecule has 0 saturated carbocycles. The Hall–Kier alpha value is -1.73. The Kier molecular flexibility index (Phi) is 4.75. The molecule has 2 aromatic rings. The minimum atomic E-state index is 0.0473. The summed E-state index contributed by atoms with van der Waals surface area (Å²) in [7, 11) is 0. The quantitative estimate of drug-likeness (QED) is 0.778. The molecule has 2 saturated heterocycles. The van der Waals surface area contributed by atoms with Gasteiger partial charge in [0.15, 0.2) is 0 Å². The number of hydrogen-bond donors (Lipinski definition) is 0. The van der Waals surface area contributed by atoms with Crippen LogP contribution in [0.2, 0.25) is 0 Å². The van der Waals surface area contributed by atoms with Gasteiger partial charge in [-0.25, -0.2) is 4.98 Å². The molecule has 7 heteroatoms. The summed E-state index contributed by atoms with van der Waals surface area (Å²) in [6, 6.07) is 0.501. The van der Waals surface area contributed by atoms with Crippen LogP contribution in [0.4, 0.5) is 0 Å². The molecular weight excluding hydrogens is 372 g/mol. The summed E-state index contributed by atoms with van der Waals surface area (Å²) in [4.78, 5) is 37.2. The lowest BCUT2D eigenvalue weighted by molar-refractivity contribution is 0.0784. The standard InChI is InChI=1S/C21H28N4O2S/c1-14-17-19(22-16-7-3-2-4-11-25(16)20(17)26)28-18(14)21(27)24-12-8-15(13-24)23-9-5-6-10-23/h15H,2-13H2,1H3. The summed E-state index contributed by atoms with van der Waals surface area (Å²) in [6.45, 7) is 6.64. The van der Waals surface area contributed by atoms with Gasteiger partial charge in [0.05, 0.1) is 10.3 Å². The molecule has 3 aliphatic rings. The van der Waals surface area contributed by atoms with Crippen LogP contribution in [0.1, 0.15) is 59.6 Å². The molecule has 0 N–H and O–H groups in total. The normalized spacial score (nSPS) is 23.3. The smallest absolute Gasteiger partial charge is 0.264 e. The first-order chi connectivity index (χ1) is 13.6. The zero-order chi connectivity index (χ0) is 19.3. The minimum Gasteiger partial charge on any atom is -0.336 e. The van der Waals surface area contributed by atoms with E-state index in [9.17, 15) is 9.59 Å². The lowest BCUT2D eigenvalue weighted by Gasteiger charge is -2.23. The van der Waals surface area contributed by atoms with Crippen LogP contribution in [-0.2, 0) is 13.0 Å². The number of nitrogens with zero attached hydrogens (tertiary/aromatic N) is 4. The van der Waals surface area contributed by atoms with Gasteiger partial charge < -0.3 is 4.90 Å². The van der Waals surface area contributed by atoms with E-state index in [0.29, 0.717) is 16.3 Å². The molecule has 0 radical (unpaired) electrons. The first-order valence-electron chi connectivity index (χ1n) is 10.7.